The van der Waals surface area contributed by atoms with E-state index >= 15 is 0 Å². The van der Waals surface area contributed by atoms with Crippen molar-refractivity contribution in [3.05, 3.63) is 35.8 Å². The van der Waals surface area contributed by atoms with E-state index in [0.29, 0.717) is 42.9 Å². The molecule has 2 amide bonds. The minimum Gasteiger partial charge on any atom is -0.354 e. The quantitative estimate of drug-likeness (QED) is 0.315. The van der Waals surface area contributed by atoms with E-state index in [9.17, 15) is 9.59 Å². The number of anilines is 3. The van der Waals surface area contributed by atoms with Crippen LogP contribution in [0.15, 0.2) is 24.5 Å². The van der Waals surface area contributed by atoms with Crippen molar-refractivity contribution in [2.24, 2.45) is 0 Å². The molecule has 1 aliphatic carbocycles. The van der Waals surface area contributed by atoms with Crippen LogP contribution >= 0.6 is 12.6 Å². The minimum absolute atomic E-state index is 0.0830. The maximum Gasteiger partial charge on any atom is 0.269 e. The van der Waals surface area contributed by atoms with Gasteiger partial charge >= 0.3 is 0 Å². The monoisotopic (exact) mass is 510 g/mol. The Labute approximate surface area is 217 Å². The van der Waals surface area contributed by atoms with Crippen LogP contribution < -0.4 is 20.9 Å². The highest BCUT2D eigenvalue weighted by Gasteiger charge is 2.55. The molecule has 10 nitrogen and oxygen atoms in total. The lowest BCUT2D eigenvalue weighted by atomic mass is 9.91. The van der Waals surface area contributed by atoms with E-state index in [0.717, 1.165) is 37.1 Å². The zero-order valence-electron chi connectivity index (χ0n) is 20.8. The van der Waals surface area contributed by atoms with Crippen LogP contribution in [0.5, 0.6) is 0 Å². The standard InChI is InChI=1S/C25H34N8O2S/c1-32(2)20(36)9-11-26-22(34)19-8-7-17(15-28-19)30-24-29-14-16-13-25(10-12-27-23(25)35)33(21(16)31-24)18-5-3-4-6-18/h7-8,14-15,18,20,36H,3-6,9-13H2,1-2H3,(H,26,34)(H,27,35)(H,29,30,31). The van der Waals surface area contributed by atoms with Crippen molar-refractivity contribution in [1.29, 1.82) is 0 Å². The zero-order chi connectivity index (χ0) is 25.3. The van der Waals surface area contributed by atoms with Crippen LogP contribution in [0.4, 0.5) is 17.5 Å². The highest BCUT2D eigenvalue weighted by molar-refractivity contribution is 7.80. The smallest absolute Gasteiger partial charge is 0.269 e. The average molecular weight is 511 g/mol. The number of pyridine rings is 1. The molecule has 1 spiro atoms. The number of carbonyl (C=O) groups excluding carboxylic acids is 2. The van der Waals surface area contributed by atoms with Gasteiger partial charge in [0.2, 0.25) is 11.9 Å². The van der Waals surface area contributed by atoms with Crippen molar-refractivity contribution < 1.29 is 9.59 Å². The molecule has 0 bridgehead atoms. The maximum absolute atomic E-state index is 13.0. The lowest BCUT2D eigenvalue weighted by Gasteiger charge is -2.38. The Kier molecular flexibility index (Phi) is 7.03. The maximum atomic E-state index is 13.0. The van der Waals surface area contributed by atoms with E-state index < -0.39 is 5.54 Å². The van der Waals surface area contributed by atoms with Gasteiger partial charge in [-0.05, 0) is 51.9 Å². The predicted molar refractivity (Wildman–Crippen MR) is 142 cm³/mol. The Hall–Kier alpha value is -2.92. The molecule has 2 aromatic rings. The van der Waals surface area contributed by atoms with Crippen LogP contribution in [0.2, 0.25) is 0 Å². The fourth-order valence-electron chi connectivity index (χ4n) is 5.53. The van der Waals surface area contributed by atoms with Gasteiger partial charge in [-0.3, -0.25) is 14.5 Å². The van der Waals surface area contributed by atoms with Gasteiger partial charge in [-0.1, -0.05) is 12.8 Å². The molecule has 3 aliphatic rings. The molecule has 3 N–H and O–H groups in total. The van der Waals surface area contributed by atoms with Crippen LogP contribution in [0.3, 0.4) is 0 Å². The van der Waals surface area contributed by atoms with Gasteiger partial charge in [0.15, 0.2) is 0 Å². The first kappa shape index (κ1) is 24.8. The van der Waals surface area contributed by atoms with Crippen molar-refractivity contribution >= 4 is 41.9 Å². The molecule has 0 aromatic carbocycles. The molecule has 0 radical (unpaired) electrons. The first-order valence-electron chi connectivity index (χ1n) is 12.7. The number of amides is 2. The molecule has 5 rings (SSSR count). The Morgan fingerprint density at radius 1 is 1.28 bits per heavy atom. The Morgan fingerprint density at radius 3 is 2.75 bits per heavy atom. The molecule has 2 atom stereocenters. The minimum atomic E-state index is -0.541. The second kappa shape index (κ2) is 10.2. The summed E-state index contributed by atoms with van der Waals surface area (Å²) >= 11 is 4.47. The average Bonchev–Trinajstić information content (AvgIpc) is 3.59. The molecule has 2 fully saturated rings. The van der Waals surface area contributed by atoms with E-state index in [1.165, 1.54) is 12.8 Å². The molecule has 36 heavy (non-hydrogen) atoms. The second-order valence-corrected chi connectivity index (χ2v) is 10.7. The third kappa shape index (κ3) is 4.73. The zero-order valence-corrected chi connectivity index (χ0v) is 21.7. The van der Waals surface area contributed by atoms with Gasteiger partial charge in [-0.25, -0.2) is 9.97 Å². The second-order valence-electron chi connectivity index (χ2n) is 10.1. The fraction of sp³-hybridized carbons (Fsp3) is 0.560. The number of thiol groups is 1. The van der Waals surface area contributed by atoms with Crippen molar-refractivity contribution in [3.8, 4) is 0 Å². The molecule has 11 heteroatoms. The summed E-state index contributed by atoms with van der Waals surface area (Å²) in [5.74, 6) is 1.20. The van der Waals surface area contributed by atoms with E-state index in [1.807, 2.05) is 25.2 Å². The number of nitrogens with one attached hydrogen (secondary N) is 3. The Bertz CT molecular complexity index is 1120. The van der Waals surface area contributed by atoms with Crippen LogP contribution in [-0.4, -0.2) is 75.8 Å². The molecule has 4 heterocycles. The van der Waals surface area contributed by atoms with Crippen molar-refractivity contribution in [2.75, 3.05) is 37.4 Å². The van der Waals surface area contributed by atoms with Gasteiger partial charge in [-0.2, -0.15) is 17.6 Å². The number of fused-ring (bicyclic) bond motifs is 1. The van der Waals surface area contributed by atoms with E-state index in [2.05, 4.69) is 43.4 Å². The molecular weight excluding hydrogens is 476 g/mol. The van der Waals surface area contributed by atoms with E-state index in [1.54, 1.807) is 18.3 Å². The summed E-state index contributed by atoms with van der Waals surface area (Å²) in [6.45, 7) is 1.22. The van der Waals surface area contributed by atoms with Gasteiger partial charge in [-0.15, -0.1) is 0 Å². The first-order chi connectivity index (χ1) is 17.4. The topological polar surface area (TPSA) is 115 Å². The SMILES string of the molecule is CN(C)C(S)CCNC(=O)c1ccc(Nc2ncc3c(n2)N(C2CCCC2)C2(CCNC2=O)C3)cn1. The number of hydrogen-bond donors (Lipinski definition) is 4. The summed E-state index contributed by atoms with van der Waals surface area (Å²) in [7, 11) is 3.90. The highest BCUT2D eigenvalue weighted by atomic mass is 32.1. The number of hydrogen-bond acceptors (Lipinski definition) is 9. The van der Waals surface area contributed by atoms with Gasteiger partial charge in [0.1, 0.15) is 17.1 Å². The highest BCUT2D eigenvalue weighted by Crippen LogP contribution is 2.46. The summed E-state index contributed by atoms with van der Waals surface area (Å²) in [5, 5.41) is 9.22. The van der Waals surface area contributed by atoms with Crippen molar-refractivity contribution in [2.45, 2.75) is 61.9 Å². The number of carbonyl (C=O) groups is 2. The summed E-state index contributed by atoms with van der Waals surface area (Å²) in [6, 6.07) is 3.80. The summed E-state index contributed by atoms with van der Waals surface area (Å²) in [5.41, 5.74) is 1.51. The summed E-state index contributed by atoms with van der Waals surface area (Å²) in [4.78, 5) is 43.3. The molecule has 1 saturated carbocycles. The normalized spacial score (nSPS) is 22.2. The molecule has 2 aromatic heterocycles. The van der Waals surface area contributed by atoms with Crippen LogP contribution in [0.25, 0.3) is 0 Å². The van der Waals surface area contributed by atoms with Crippen LogP contribution in [0, 0.1) is 0 Å². The number of rotatable bonds is 8. The molecule has 2 unspecified atom stereocenters. The largest absolute Gasteiger partial charge is 0.354 e. The van der Waals surface area contributed by atoms with Crippen LogP contribution in [0.1, 0.15) is 54.6 Å². The van der Waals surface area contributed by atoms with Gasteiger partial charge in [0.05, 0.1) is 17.3 Å². The Morgan fingerprint density at radius 2 is 2.08 bits per heavy atom. The Balaban J connectivity index is 1.28. The lowest BCUT2D eigenvalue weighted by molar-refractivity contribution is -0.123. The molecule has 192 valence electrons. The predicted octanol–water partition coefficient (Wildman–Crippen LogP) is 2.12. The summed E-state index contributed by atoms with van der Waals surface area (Å²) in [6.07, 6.45) is 10.1. The molecule has 2 aliphatic heterocycles. The third-order valence-electron chi connectivity index (χ3n) is 7.49. The van der Waals surface area contributed by atoms with Crippen LogP contribution in [-0.2, 0) is 11.2 Å². The van der Waals surface area contributed by atoms with Gasteiger partial charge in [0.25, 0.3) is 5.91 Å². The van der Waals surface area contributed by atoms with Gasteiger partial charge < -0.3 is 20.9 Å². The third-order valence-corrected chi connectivity index (χ3v) is 8.21. The summed E-state index contributed by atoms with van der Waals surface area (Å²) < 4.78 is 0. The number of aromatic nitrogens is 3. The van der Waals surface area contributed by atoms with Crippen molar-refractivity contribution in [1.82, 2.24) is 30.5 Å². The van der Waals surface area contributed by atoms with E-state index in [4.69, 9.17) is 4.98 Å². The lowest BCUT2D eigenvalue weighted by Crippen LogP contribution is -2.56. The van der Waals surface area contributed by atoms with Gasteiger partial charge in [0, 0.05) is 37.3 Å². The molecule has 1 saturated heterocycles. The van der Waals surface area contributed by atoms with E-state index in [-0.39, 0.29) is 17.2 Å². The fourth-order valence-corrected chi connectivity index (χ4v) is 5.66. The van der Waals surface area contributed by atoms with Crippen molar-refractivity contribution in [3.63, 3.8) is 0 Å². The first-order valence-corrected chi connectivity index (χ1v) is 13.2. The number of nitrogens with zero attached hydrogens (tertiary/aromatic N) is 5. The molecular formula is C25H34N8O2S.